The van der Waals surface area contributed by atoms with Crippen LogP contribution in [-0.4, -0.2) is 41.6 Å². The number of benzene rings is 3. The smallest absolute Gasteiger partial charge is 0.507 e. The van der Waals surface area contributed by atoms with Crippen molar-refractivity contribution in [1.29, 1.82) is 0 Å². The van der Waals surface area contributed by atoms with Crippen LogP contribution in [0.5, 0.6) is 5.75 Å². The number of hydrazone groups is 1. The Balaban J connectivity index is 0.000000373. The predicted molar refractivity (Wildman–Crippen MR) is 104 cm³/mol. The van der Waals surface area contributed by atoms with Crippen molar-refractivity contribution in [1.82, 2.24) is 5.43 Å². The van der Waals surface area contributed by atoms with Crippen LogP contribution in [-0.2, 0) is 4.79 Å². The molecule has 3 aromatic rings. The van der Waals surface area contributed by atoms with Crippen LogP contribution in [0.25, 0.3) is 0 Å². The summed E-state index contributed by atoms with van der Waals surface area (Å²) in [7, 11) is 0. The average molecular weight is 439 g/mol. The molecule has 0 aromatic heterocycles. The average Bonchev–Trinajstić information content (AvgIpc) is 2.67. The number of phenolic OH excluding ortho intramolecular Hbond substituents is 1. The Hall–Kier alpha value is -2.60. The summed E-state index contributed by atoms with van der Waals surface area (Å²) < 4.78 is 0. The molecule has 1 amide bonds. The summed E-state index contributed by atoms with van der Waals surface area (Å²) in [5.41, 5.74) is 2.66. The molecular formula is C20H20N2O2Sn+4. The molecule has 0 heterocycles. The van der Waals surface area contributed by atoms with E-state index >= 15 is 0 Å². The van der Waals surface area contributed by atoms with Gasteiger partial charge in [-0.2, -0.15) is 5.10 Å². The zero-order valence-corrected chi connectivity index (χ0v) is 16.5. The molecule has 3 aromatic carbocycles. The van der Waals surface area contributed by atoms with Crippen molar-refractivity contribution >= 4 is 36.5 Å². The normalized spacial score (nSPS) is 8.64. The van der Waals surface area contributed by atoms with Crippen LogP contribution in [0.4, 0.5) is 0 Å². The summed E-state index contributed by atoms with van der Waals surface area (Å²) in [5.74, 6) is 0.133. The van der Waals surface area contributed by atoms with E-state index in [1.165, 1.54) is 6.21 Å². The van der Waals surface area contributed by atoms with E-state index in [1.54, 1.807) is 24.3 Å². The van der Waals surface area contributed by atoms with Crippen LogP contribution in [0.3, 0.4) is 0 Å². The number of hydrogen-bond donors (Lipinski definition) is 2. The molecule has 4 nitrogen and oxygen atoms in total. The van der Waals surface area contributed by atoms with E-state index in [1.807, 2.05) is 72.8 Å². The summed E-state index contributed by atoms with van der Waals surface area (Å²) in [6, 6.07) is 30.7. The topological polar surface area (TPSA) is 61.7 Å². The number of phenols is 1. The fourth-order valence-corrected chi connectivity index (χ4v) is 1.50. The van der Waals surface area contributed by atoms with Gasteiger partial charge < -0.3 is 5.11 Å². The van der Waals surface area contributed by atoms with Gasteiger partial charge in [-0.05, 0) is 12.1 Å². The minimum atomic E-state index is 0. The molecule has 0 aliphatic carbocycles. The van der Waals surface area contributed by atoms with E-state index < -0.39 is 0 Å². The van der Waals surface area contributed by atoms with Gasteiger partial charge in [-0.25, -0.2) is 5.43 Å². The van der Waals surface area contributed by atoms with Crippen LogP contribution >= 0.6 is 0 Å². The number of hydrogen-bond acceptors (Lipinski definition) is 3. The molecule has 3 rings (SSSR count). The Morgan fingerprint density at radius 1 is 0.720 bits per heavy atom. The van der Waals surface area contributed by atoms with E-state index in [4.69, 9.17) is 0 Å². The fraction of sp³-hybridized carbons (Fsp3) is 0. The fourth-order valence-electron chi connectivity index (χ4n) is 1.50. The van der Waals surface area contributed by atoms with E-state index in [-0.39, 0.29) is 29.7 Å². The molecule has 122 valence electrons. The van der Waals surface area contributed by atoms with Gasteiger partial charge in [-0.1, -0.05) is 84.9 Å². The maximum absolute atomic E-state index is 9.79. The van der Waals surface area contributed by atoms with Crippen molar-refractivity contribution < 1.29 is 9.90 Å². The van der Waals surface area contributed by atoms with Gasteiger partial charge in [-0.15, -0.1) is 0 Å². The molecule has 25 heavy (non-hydrogen) atoms. The Morgan fingerprint density at radius 2 is 1.12 bits per heavy atom. The van der Waals surface area contributed by atoms with Gasteiger partial charge in [0.25, 0.3) is 0 Å². The number of nitrogens with one attached hydrogen (secondary N) is 1. The van der Waals surface area contributed by atoms with Crippen molar-refractivity contribution in [3.63, 3.8) is 0 Å². The first-order valence-electron chi connectivity index (χ1n) is 7.35. The third-order valence-electron chi connectivity index (χ3n) is 2.60. The molecule has 0 saturated carbocycles. The van der Waals surface area contributed by atoms with Crippen LogP contribution < -0.4 is 5.43 Å². The van der Waals surface area contributed by atoms with E-state index in [9.17, 15) is 9.90 Å². The summed E-state index contributed by atoms with van der Waals surface area (Å²) in [6.07, 6.45) is 1.82. The molecule has 0 saturated heterocycles. The molecule has 0 radical (unpaired) electrons. The second kappa shape index (κ2) is 16.3. The van der Waals surface area contributed by atoms with Crippen LogP contribution in [0.2, 0.25) is 0 Å². The Morgan fingerprint density at radius 3 is 1.48 bits per heavy atom. The molecule has 0 aliphatic heterocycles. The van der Waals surface area contributed by atoms with Gasteiger partial charge in [0.05, 0.1) is 6.21 Å². The monoisotopic (exact) mass is 440 g/mol. The third-order valence-corrected chi connectivity index (χ3v) is 2.60. The number of rotatable bonds is 3. The van der Waals surface area contributed by atoms with Crippen LogP contribution in [0.15, 0.2) is 102 Å². The van der Waals surface area contributed by atoms with Crippen molar-refractivity contribution in [3.8, 4) is 5.75 Å². The second-order valence-corrected chi connectivity index (χ2v) is 4.37. The van der Waals surface area contributed by atoms with Crippen molar-refractivity contribution in [3.05, 3.63) is 103 Å². The van der Waals surface area contributed by atoms with Gasteiger partial charge in [-0.3, -0.25) is 4.79 Å². The van der Waals surface area contributed by atoms with Gasteiger partial charge in [0.15, 0.2) is 0 Å². The Labute approximate surface area is 165 Å². The first-order valence-corrected chi connectivity index (χ1v) is 7.35. The molecule has 0 atom stereocenters. The standard InChI is InChI=1S/C8H8N2O2.2C6H6.Sn/c11-6-10-9-5-7-3-1-2-4-8(7)12;2*1-2-4-6-5-3-1;/h1-6,12H,(H,10,11);2*1-6H;/q;;;+4/b9-5+;;;. The number of carbonyl (C=O) groups excluding carboxylic acids is 1. The Kier molecular flexibility index (Phi) is 14.6. The Bertz CT molecular complexity index is 607. The minimum Gasteiger partial charge on any atom is -0.507 e. The van der Waals surface area contributed by atoms with Gasteiger partial charge >= 0.3 is 23.9 Å². The molecule has 0 bridgehead atoms. The van der Waals surface area contributed by atoms with Gasteiger partial charge in [0.2, 0.25) is 6.41 Å². The number of aromatic hydroxyl groups is 1. The molecule has 0 fully saturated rings. The van der Waals surface area contributed by atoms with E-state index in [0.29, 0.717) is 12.0 Å². The molecule has 0 spiro atoms. The molecular weight excluding hydrogens is 419 g/mol. The molecule has 0 unspecified atom stereocenters. The number of para-hydroxylation sites is 1. The quantitative estimate of drug-likeness (QED) is 0.284. The summed E-state index contributed by atoms with van der Waals surface area (Å²) >= 11 is 0. The number of carbonyl (C=O) groups is 1. The SMILES string of the molecule is O=CN/N=C/c1ccccc1O.[Sn+4].c1ccccc1.c1ccccc1. The predicted octanol–water partition coefficient (Wildman–Crippen LogP) is 3.46. The van der Waals surface area contributed by atoms with Crippen molar-refractivity contribution in [2.75, 3.05) is 0 Å². The number of amides is 1. The summed E-state index contributed by atoms with van der Waals surface area (Å²) in [4.78, 5) is 9.79. The van der Waals surface area contributed by atoms with Crippen LogP contribution in [0, 0.1) is 0 Å². The molecule has 0 aliphatic rings. The van der Waals surface area contributed by atoms with Crippen molar-refractivity contribution in [2.45, 2.75) is 0 Å². The summed E-state index contributed by atoms with van der Waals surface area (Å²) in [6.45, 7) is 0. The first-order chi connectivity index (χ1) is 11.8. The maximum atomic E-state index is 9.79. The molecule has 2 N–H and O–H groups in total. The van der Waals surface area contributed by atoms with Crippen LogP contribution in [0.1, 0.15) is 5.56 Å². The zero-order valence-electron chi connectivity index (χ0n) is 13.7. The first kappa shape index (κ1) is 22.4. The van der Waals surface area contributed by atoms with Crippen molar-refractivity contribution in [2.24, 2.45) is 5.10 Å². The summed E-state index contributed by atoms with van der Waals surface area (Å²) in [5, 5.41) is 12.7. The zero-order chi connectivity index (χ0) is 17.3. The minimum absolute atomic E-state index is 0. The van der Waals surface area contributed by atoms with Gasteiger partial charge in [0, 0.05) is 5.56 Å². The number of nitrogens with zero attached hydrogens (tertiary/aromatic N) is 1. The third kappa shape index (κ3) is 12.5. The maximum Gasteiger partial charge on any atom is 4.00 e. The van der Waals surface area contributed by atoms with E-state index in [2.05, 4.69) is 10.5 Å². The van der Waals surface area contributed by atoms with Gasteiger partial charge in [0.1, 0.15) is 5.75 Å². The largest absolute Gasteiger partial charge is 4.00 e. The van der Waals surface area contributed by atoms with E-state index in [0.717, 1.165) is 0 Å². The molecule has 5 heteroatoms. The second-order valence-electron chi connectivity index (χ2n) is 4.37.